The zero-order valence-corrected chi connectivity index (χ0v) is 16.7. The van der Waals surface area contributed by atoms with Crippen LogP contribution in [0.15, 0.2) is 54.9 Å². The lowest BCUT2D eigenvalue weighted by molar-refractivity contribution is 0.688. The highest BCUT2D eigenvalue weighted by Crippen LogP contribution is 2.39. The summed E-state index contributed by atoms with van der Waals surface area (Å²) in [5.74, 6) is 0.751. The minimum atomic E-state index is 0.312. The molecule has 1 aliphatic carbocycles. The van der Waals surface area contributed by atoms with Crippen molar-refractivity contribution >= 4 is 17.0 Å². The largest absolute Gasteiger partial charge is 0.366 e. The van der Waals surface area contributed by atoms with E-state index in [2.05, 4.69) is 77.7 Å². The Labute approximate surface area is 170 Å². The fraction of sp³-hybridized carbons (Fsp3) is 0.250. The van der Waals surface area contributed by atoms with E-state index < -0.39 is 0 Å². The molecule has 0 saturated carbocycles. The number of nitrogens with zero attached hydrogens (tertiary/aromatic N) is 4. The van der Waals surface area contributed by atoms with Crippen molar-refractivity contribution in [3.8, 4) is 22.5 Å². The molecule has 0 amide bonds. The maximum absolute atomic E-state index is 5.08. The van der Waals surface area contributed by atoms with Gasteiger partial charge in [0.05, 0.1) is 11.4 Å². The SMILES string of the molecule is CCCC(C)Nc1ncnc2nc3c(nc12)-c1ccccc1Cc1ccccc1-3. The van der Waals surface area contributed by atoms with Gasteiger partial charge in [-0.2, -0.15) is 0 Å². The Morgan fingerprint density at radius 3 is 2.24 bits per heavy atom. The van der Waals surface area contributed by atoms with Crippen molar-refractivity contribution in [3.05, 3.63) is 66.0 Å². The van der Waals surface area contributed by atoms with Crippen LogP contribution in [0.1, 0.15) is 37.8 Å². The summed E-state index contributed by atoms with van der Waals surface area (Å²) < 4.78 is 0. The Hall–Kier alpha value is -3.34. The minimum Gasteiger partial charge on any atom is -0.366 e. The van der Waals surface area contributed by atoms with Gasteiger partial charge in [0, 0.05) is 17.2 Å². The van der Waals surface area contributed by atoms with E-state index in [0.717, 1.165) is 53.1 Å². The Kier molecular flexibility index (Phi) is 4.43. The van der Waals surface area contributed by atoms with Crippen LogP contribution in [0.2, 0.25) is 0 Å². The third-order valence-corrected chi connectivity index (χ3v) is 5.50. The van der Waals surface area contributed by atoms with Crippen molar-refractivity contribution in [3.63, 3.8) is 0 Å². The summed E-state index contributed by atoms with van der Waals surface area (Å²) in [6.07, 6.45) is 4.62. The fourth-order valence-corrected chi connectivity index (χ4v) is 4.11. The Bertz CT molecular complexity index is 1200. The Morgan fingerprint density at radius 1 is 0.897 bits per heavy atom. The van der Waals surface area contributed by atoms with Crippen molar-refractivity contribution < 1.29 is 0 Å². The number of anilines is 1. The Morgan fingerprint density at radius 2 is 1.55 bits per heavy atom. The number of rotatable bonds is 4. The second-order valence-corrected chi connectivity index (χ2v) is 7.64. The third-order valence-electron chi connectivity index (χ3n) is 5.50. The van der Waals surface area contributed by atoms with Crippen molar-refractivity contribution in [1.29, 1.82) is 0 Å². The second kappa shape index (κ2) is 7.24. The van der Waals surface area contributed by atoms with Gasteiger partial charge in [-0.3, -0.25) is 0 Å². The minimum absolute atomic E-state index is 0.312. The molecule has 1 unspecified atom stereocenters. The van der Waals surface area contributed by atoms with Crippen LogP contribution in [-0.4, -0.2) is 26.0 Å². The van der Waals surface area contributed by atoms with Crippen LogP contribution in [0.5, 0.6) is 0 Å². The smallest absolute Gasteiger partial charge is 0.184 e. The first-order valence-electron chi connectivity index (χ1n) is 10.2. The predicted molar refractivity (Wildman–Crippen MR) is 117 cm³/mol. The maximum atomic E-state index is 5.08. The van der Waals surface area contributed by atoms with Crippen molar-refractivity contribution in [1.82, 2.24) is 19.9 Å². The maximum Gasteiger partial charge on any atom is 0.184 e. The topological polar surface area (TPSA) is 63.6 Å². The normalized spacial score (nSPS) is 13.2. The molecular formula is C24H23N5. The van der Waals surface area contributed by atoms with E-state index in [4.69, 9.17) is 9.97 Å². The number of hydrogen-bond acceptors (Lipinski definition) is 5. The molecule has 4 aromatic rings. The molecule has 2 aromatic carbocycles. The first-order chi connectivity index (χ1) is 14.2. The van der Waals surface area contributed by atoms with E-state index in [0.29, 0.717) is 11.7 Å². The van der Waals surface area contributed by atoms with Gasteiger partial charge in [-0.25, -0.2) is 19.9 Å². The van der Waals surface area contributed by atoms with Gasteiger partial charge in [0.25, 0.3) is 0 Å². The molecule has 0 radical (unpaired) electrons. The average Bonchev–Trinajstić information content (AvgIpc) is 2.87. The molecule has 5 heteroatoms. The molecular weight excluding hydrogens is 358 g/mol. The molecule has 29 heavy (non-hydrogen) atoms. The average molecular weight is 381 g/mol. The summed E-state index contributed by atoms with van der Waals surface area (Å²) in [7, 11) is 0. The van der Waals surface area contributed by atoms with Gasteiger partial charge >= 0.3 is 0 Å². The highest BCUT2D eigenvalue weighted by Gasteiger charge is 2.23. The number of aromatic nitrogens is 4. The van der Waals surface area contributed by atoms with E-state index in [1.807, 2.05) is 0 Å². The van der Waals surface area contributed by atoms with Crippen LogP contribution >= 0.6 is 0 Å². The zero-order valence-electron chi connectivity index (χ0n) is 16.7. The van der Waals surface area contributed by atoms with Crippen LogP contribution in [0, 0.1) is 0 Å². The molecule has 0 bridgehead atoms. The van der Waals surface area contributed by atoms with Gasteiger partial charge < -0.3 is 5.32 Å². The predicted octanol–water partition coefficient (Wildman–Crippen LogP) is 5.26. The summed E-state index contributed by atoms with van der Waals surface area (Å²) in [5.41, 5.74) is 7.92. The van der Waals surface area contributed by atoms with Crippen LogP contribution < -0.4 is 5.32 Å². The molecule has 144 valence electrons. The molecule has 1 N–H and O–H groups in total. The summed E-state index contributed by atoms with van der Waals surface area (Å²) in [4.78, 5) is 19.0. The van der Waals surface area contributed by atoms with Gasteiger partial charge in [0.15, 0.2) is 17.0 Å². The van der Waals surface area contributed by atoms with E-state index in [1.54, 1.807) is 6.33 Å². The van der Waals surface area contributed by atoms with E-state index in [9.17, 15) is 0 Å². The standard InChI is InChI=1S/C24H23N5/c1-3-8-15(2)27-23-22-24(26-14-25-23)29-21-19-12-7-5-10-17(19)13-16-9-4-6-11-18(16)20(21)28-22/h4-7,9-12,14-15H,3,8,13H2,1-2H3,(H,25,26,27,29). The lowest BCUT2D eigenvalue weighted by Crippen LogP contribution is -2.16. The number of nitrogens with one attached hydrogen (secondary N) is 1. The van der Waals surface area contributed by atoms with Gasteiger partial charge in [-0.15, -0.1) is 0 Å². The Balaban J connectivity index is 1.77. The lowest BCUT2D eigenvalue weighted by atomic mass is 10.00. The highest BCUT2D eigenvalue weighted by molar-refractivity contribution is 5.91. The van der Waals surface area contributed by atoms with Crippen LogP contribution in [-0.2, 0) is 6.42 Å². The summed E-state index contributed by atoms with van der Waals surface area (Å²) in [6.45, 7) is 4.35. The van der Waals surface area contributed by atoms with E-state index in [1.165, 1.54) is 11.1 Å². The number of fused-ring (bicyclic) bond motifs is 6. The molecule has 2 heterocycles. The molecule has 5 rings (SSSR count). The molecule has 1 aliphatic rings. The van der Waals surface area contributed by atoms with Gasteiger partial charge in [0.2, 0.25) is 0 Å². The van der Waals surface area contributed by atoms with Crippen LogP contribution in [0.4, 0.5) is 5.82 Å². The molecule has 2 aromatic heterocycles. The van der Waals surface area contributed by atoms with E-state index in [-0.39, 0.29) is 0 Å². The monoisotopic (exact) mass is 381 g/mol. The van der Waals surface area contributed by atoms with Crippen LogP contribution in [0.3, 0.4) is 0 Å². The molecule has 0 spiro atoms. The first kappa shape index (κ1) is 17.7. The summed E-state index contributed by atoms with van der Waals surface area (Å²) in [6, 6.07) is 17.2. The highest BCUT2D eigenvalue weighted by atomic mass is 15.1. The summed E-state index contributed by atoms with van der Waals surface area (Å²) in [5, 5.41) is 3.50. The second-order valence-electron chi connectivity index (χ2n) is 7.64. The van der Waals surface area contributed by atoms with Gasteiger partial charge in [-0.1, -0.05) is 61.9 Å². The third kappa shape index (κ3) is 3.12. The number of benzene rings is 2. The van der Waals surface area contributed by atoms with Crippen molar-refractivity contribution in [2.24, 2.45) is 0 Å². The zero-order chi connectivity index (χ0) is 19.8. The quantitative estimate of drug-likeness (QED) is 0.460. The first-order valence-corrected chi connectivity index (χ1v) is 10.2. The number of hydrogen-bond donors (Lipinski definition) is 1. The molecule has 0 fully saturated rings. The lowest BCUT2D eigenvalue weighted by Gasteiger charge is -2.15. The molecule has 0 aliphatic heterocycles. The van der Waals surface area contributed by atoms with Crippen LogP contribution in [0.25, 0.3) is 33.7 Å². The van der Waals surface area contributed by atoms with Crippen molar-refractivity contribution in [2.75, 3.05) is 5.32 Å². The van der Waals surface area contributed by atoms with E-state index >= 15 is 0 Å². The molecule has 0 saturated heterocycles. The van der Waals surface area contributed by atoms with Crippen molar-refractivity contribution in [2.45, 2.75) is 39.2 Å². The fourth-order valence-electron chi connectivity index (χ4n) is 4.11. The molecule has 1 atom stereocenters. The summed E-state index contributed by atoms with van der Waals surface area (Å²) >= 11 is 0. The van der Waals surface area contributed by atoms with Gasteiger partial charge in [-0.05, 0) is 30.9 Å². The molecule has 5 nitrogen and oxygen atoms in total. The van der Waals surface area contributed by atoms with Gasteiger partial charge in [0.1, 0.15) is 6.33 Å².